The standard InChI is InChI=1S/C12H23N5O/c1-8(2)9(3)17(4)12-6-10(16-13)14-11(15-12)7-18-5/h6,8-9H,7,13H2,1-5H3,(H,14,15,16). The maximum absolute atomic E-state index is 5.42. The topological polar surface area (TPSA) is 76.3 Å². The molecule has 1 heterocycles. The van der Waals surface area contributed by atoms with Gasteiger partial charge in [0.25, 0.3) is 0 Å². The van der Waals surface area contributed by atoms with Gasteiger partial charge in [0, 0.05) is 26.3 Å². The number of anilines is 2. The molecule has 0 aliphatic carbocycles. The minimum Gasteiger partial charge on any atom is -0.377 e. The number of hydrazine groups is 1. The van der Waals surface area contributed by atoms with Crippen molar-refractivity contribution in [3.05, 3.63) is 11.9 Å². The lowest BCUT2D eigenvalue weighted by atomic mass is 10.1. The predicted octanol–water partition coefficient (Wildman–Crippen LogP) is 1.39. The van der Waals surface area contributed by atoms with Crippen molar-refractivity contribution in [2.45, 2.75) is 33.4 Å². The van der Waals surface area contributed by atoms with E-state index in [0.717, 1.165) is 5.82 Å². The third-order valence-corrected chi connectivity index (χ3v) is 3.12. The maximum Gasteiger partial charge on any atom is 0.158 e. The SMILES string of the molecule is COCc1nc(NN)cc(N(C)C(C)C(C)C)n1. The summed E-state index contributed by atoms with van der Waals surface area (Å²) in [4.78, 5) is 10.8. The van der Waals surface area contributed by atoms with Crippen LogP contribution in [0.2, 0.25) is 0 Å². The molecule has 0 spiro atoms. The molecule has 1 unspecified atom stereocenters. The Morgan fingerprint density at radius 3 is 2.56 bits per heavy atom. The van der Waals surface area contributed by atoms with Crippen LogP contribution in [0.3, 0.4) is 0 Å². The number of ether oxygens (including phenoxy) is 1. The second kappa shape index (κ2) is 6.51. The van der Waals surface area contributed by atoms with E-state index in [0.29, 0.717) is 30.2 Å². The number of nitrogens with zero attached hydrogens (tertiary/aromatic N) is 3. The third-order valence-electron chi connectivity index (χ3n) is 3.12. The quantitative estimate of drug-likeness (QED) is 0.589. The van der Waals surface area contributed by atoms with Crippen LogP contribution in [0.15, 0.2) is 6.07 Å². The van der Waals surface area contributed by atoms with Crippen LogP contribution in [0.1, 0.15) is 26.6 Å². The average Bonchev–Trinajstić information content (AvgIpc) is 2.36. The lowest BCUT2D eigenvalue weighted by Gasteiger charge is -2.29. The Morgan fingerprint density at radius 1 is 1.39 bits per heavy atom. The van der Waals surface area contributed by atoms with Gasteiger partial charge in [-0.2, -0.15) is 0 Å². The number of hydrogen-bond acceptors (Lipinski definition) is 6. The zero-order valence-electron chi connectivity index (χ0n) is 11.8. The monoisotopic (exact) mass is 253 g/mol. The molecule has 0 fully saturated rings. The van der Waals surface area contributed by atoms with E-state index in [4.69, 9.17) is 10.6 Å². The number of nitrogen functional groups attached to an aromatic ring is 1. The first kappa shape index (κ1) is 14.7. The van der Waals surface area contributed by atoms with Gasteiger partial charge in [0.15, 0.2) is 5.82 Å². The predicted molar refractivity (Wildman–Crippen MR) is 73.3 cm³/mol. The van der Waals surface area contributed by atoms with Crippen molar-refractivity contribution in [1.82, 2.24) is 9.97 Å². The summed E-state index contributed by atoms with van der Waals surface area (Å²) in [5, 5.41) is 0. The molecule has 0 aliphatic heterocycles. The molecular weight excluding hydrogens is 230 g/mol. The zero-order chi connectivity index (χ0) is 13.7. The molecule has 1 atom stereocenters. The fourth-order valence-electron chi connectivity index (χ4n) is 1.59. The number of hydrogen-bond donors (Lipinski definition) is 2. The Hall–Kier alpha value is -1.40. The molecule has 0 amide bonds. The molecule has 18 heavy (non-hydrogen) atoms. The van der Waals surface area contributed by atoms with Gasteiger partial charge in [0.1, 0.15) is 18.2 Å². The van der Waals surface area contributed by atoms with Gasteiger partial charge in [-0.15, -0.1) is 0 Å². The molecule has 0 aromatic carbocycles. The summed E-state index contributed by atoms with van der Waals surface area (Å²) in [6.45, 7) is 6.89. The molecule has 102 valence electrons. The van der Waals surface area contributed by atoms with E-state index in [9.17, 15) is 0 Å². The lowest BCUT2D eigenvalue weighted by molar-refractivity contribution is 0.178. The first-order valence-electron chi connectivity index (χ1n) is 6.06. The first-order chi connectivity index (χ1) is 8.49. The van der Waals surface area contributed by atoms with E-state index in [1.165, 1.54) is 0 Å². The van der Waals surface area contributed by atoms with E-state index in [-0.39, 0.29) is 0 Å². The van der Waals surface area contributed by atoms with Crippen LogP contribution in [-0.2, 0) is 11.3 Å². The average molecular weight is 253 g/mol. The van der Waals surface area contributed by atoms with Crippen LogP contribution >= 0.6 is 0 Å². The van der Waals surface area contributed by atoms with Crippen molar-refractivity contribution in [2.75, 3.05) is 24.5 Å². The van der Waals surface area contributed by atoms with Gasteiger partial charge in [-0.3, -0.25) is 0 Å². The van der Waals surface area contributed by atoms with Crippen LogP contribution < -0.4 is 16.2 Å². The number of rotatable bonds is 6. The van der Waals surface area contributed by atoms with E-state index in [1.807, 2.05) is 13.1 Å². The number of nitrogens with two attached hydrogens (primary N) is 1. The summed E-state index contributed by atoms with van der Waals surface area (Å²) in [6, 6.07) is 2.21. The van der Waals surface area contributed by atoms with Gasteiger partial charge in [-0.1, -0.05) is 13.8 Å². The van der Waals surface area contributed by atoms with Crippen molar-refractivity contribution in [3.8, 4) is 0 Å². The largest absolute Gasteiger partial charge is 0.377 e. The molecule has 1 aromatic heterocycles. The molecule has 0 aliphatic rings. The van der Waals surface area contributed by atoms with Gasteiger partial charge >= 0.3 is 0 Å². The van der Waals surface area contributed by atoms with Crippen molar-refractivity contribution in [2.24, 2.45) is 11.8 Å². The zero-order valence-corrected chi connectivity index (χ0v) is 11.8. The van der Waals surface area contributed by atoms with E-state index in [1.54, 1.807) is 7.11 Å². The molecule has 6 heteroatoms. The van der Waals surface area contributed by atoms with Crippen LogP contribution in [-0.4, -0.2) is 30.2 Å². The molecule has 0 saturated carbocycles. The van der Waals surface area contributed by atoms with Gasteiger partial charge in [-0.05, 0) is 12.8 Å². The van der Waals surface area contributed by atoms with E-state index < -0.39 is 0 Å². The summed E-state index contributed by atoms with van der Waals surface area (Å²) in [5.74, 6) is 8.00. The highest BCUT2D eigenvalue weighted by atomic mass is 16.5. The van der Waals surface area contributed by atoms with Gasteiger partial charge < -0.3 is 15.1 Å². The van der Waals surface area contributed by atoms with Crippen molar-refractivity contribution in [3.63, 3.8) is 0 Å². The Bertz CT molecular complexity index is 383. The summed E-state index contributed by atoms with van der Waals surface area (Å²) in [7, 11) is 3.63. The highest BCUT2D eigenvalue weighted by molar-refractivity contribution is 5.49. The highest BCUT2D eigenvalue weighted by Crippen LogP contribution is 2.19. The smallest absolute Gasteiger partial charge is 0.158 e. The van der Waals surface area contributed by atoms with Crippen molar-refractivity contribution >= 4 is 11.6 Å². The summed E-state index contributed by atoms with van der Waals surface area (Å²) in [5.41, 5.74) is 2.56. The van der Waals surface area contributed by atoms with Gasteiger partial charge in [0.2, 0.25) is 0 Å². The van der Waals surface area contributed by atoms with Crippen LogP contribution in [0, 0.1) is 5.92 Å². The summed E-state index contributed by atoms with van der Waals surface area (Å²) < 4.78 is 5.06. The normalized spacial score (nSPS) is 12.6. The Balaban J connectivity index is 3.03. The minimum atomic E-state index is 0.367. The van der Waals surface area contributed by atoms with Gasteiger partial charge in [0.05, 0.1) is 0 Å². The molecule has 1 rings (SSSR count). The Kier molecular flexibility index (Phi) is 5.30. The number of aromatic nitrogens is 2. The third kappa shape index (κ3) is 3.54. The fraction of sp³-hybridized carbons (Fsp3) is 0.667. The van der Waals surface area contributed by atoms with Gasteiger partial charge in [-0.25, -0.2) is 15.8 Å². The van der Waals surface area contributed by atoms with Crippen molar-refractivity contribution in [1.29, 1.82) is 0 Å². The molecule has 3 N–H and O–H groups in total. The van der Waals surface area contributed by atoms with Crippen LogP contribution in [0.4, 0.5) is 11.6 Å². The fourth-order valence-corrected chi connectivity index (χ4v) is 1.59. The lowest BCUT2D eigenvalue weighted by Crippen LogP contribution is -2.34. The highest BCUT2D eigenvalue weighted by Gasteiger charge is 2.16. The second-order valence-corrected chi connectivity index (χ2v) is 4.70. The number of nitrogens with one attached hydrogen (secondary N) is 1. The summed E-state index contributed by atoms with van der Waals surface area (Å²) in [6.07, 6.45) is 0. The van der Waals surface area contributed by atoms with E-state index >= 15 is 0 Å². The Morgan fingerprint density at radius 2 is 2.06 bits per heavy atom. The molecule has 0 bridgehead atoms. The maximum atomic E-state index is 5.42. The van der Waals surface area contributed by atoms with Crippen molar-refractivity contribution < 1.29 is 4.74 Å². The molecule has 0 saturated heterocycles. The molecule has 6 nitrogen and oxygen atoms in total. The first-order valence-corrected chi connectivity index (χ1v) is 6.06. The second-order valence-electron chi connectivity index (χ2n) is 4.70. The minimum absolute atomic E-state index is 0.367. The van der Waals surface area contributed by atoms with Crippen LogP contribution in [0.5, 0.6) is 0 Å². The Labute approximate surface area is 109 Å². The summed E-state index contributed by atoms with van der Waals surface area (Å²) >= 11 is 0. The van der Waals surface area contributed by atoms with E-state index in [2.05, 4.69) is 41.1 Å². The molecular formula is C12H23N5O. The molecule has 0 radical (unpaired) electrons. The molecule has 1 aromatic rings. The number of methoxy groups -OCH3 is 1. The van der Waals surface area contributed by atoms with Crippen LogP contribution in [0.25, 0.3) is 0 Å².